The Kier molecular flexibility index (Phi) is 4.34. The molecular weight excluding hydrogens is 328 g/mol. The highest BCUT2D eigenvalue weighted by Gasteiger charge is 2.29. The number of furan rings is 1. The van der Waals surface area contributed by atoms with Crippen LogP contribution < -0.4 is 0 Å². The molecule has 3 aromatic rings. The van der Waals surface area contributed by atoms with Crippen LogP contribution in [0.1, 0.15) is 23.2 Å². The molecule has 0 spiro atoms. The van der Waals surface area contributed by atoms with Crippen LogP contribution >= 0.6 is 11.6 Å². The van der Waals surface area contributed by atoms with Gasteiger partial charge in [-0.3, -0.25) is 4.90 Å². The summed E-state index contributed by atoms with van der Waals surface area (Å²) in [6, 6.07) is 11.6. The van der Waals surface area contributed by atoms with Crippen molar-refractivity contribution in [1.29, 1.82) is 0 Å². The number of aromatic nitrogens is 3. The van der Waals surface area contributed by atoms with Crippen LogP contribution in [0.2, 0.25) is 5.02 Å². The van der Waals surface area contributed by atoms with E-state index in [0.717, 1.165) is 28.6 Å². The summed E-state index contributed by atoms with van der Waals surface area (Å²) in [6.07, 6.45) is 3.43. The van der Waals surface area contributed by atoms with E-state index >= 15 is 0 Å². The Morgan fingerprint density at radius 2 is 2.04 bits per heavy atom. The van der Waals surface area contributed by atoms with Crippen molar-refractivity contribution >= 4 is 11.6 Å². The van der Waals surface area contributed by atoms with Crippen LogP contribution in [0.25, 0.3) is 0 Å². The summed E-state index contributed by atoms with van der Waals surface area (Å²) in [7, 11) is 0. The SMILES string of the molecule is Clc1ccc(Cn2cc(C3OCCN3Cc3ccco3)nn2)cc1. The van der Waals surface area contributed by atoms with Crippen molar-refractivity contribution in [2.45, 2.75) is 19.3 Å². The third kappa shape index (κ3) is 3.36. The summed E-state index contributed by atoms with van der Waals surface area (Å²) < 4.78 is 13.1. The maximum absolute atomic E-state index is 5.91. The Labute approximate surface area is 144 Å². The minimum absolute atomic E-state index is 0.186. The molecule has 1 atom stereocenters. The van der Waals surface area contributed by atoms with Crippen molar-refractivity contribution < 1.29 is 9.15 Å². The van der Waals surface area contributed by atoms with Gasteiger partial charge < -0.3 is 9.15 Å². The van der Waals surface area contributed by atoms with Gasteiger partial charge in [0.15, 0.2) is 6.23 Å². The average Bonchev–Trinajstić information content (AvgIpc) is 3.32. The maximum atomic E-state index is 5.91. The second-order valence-corrected chi connectivity index (χ2v) is 6.18. The van der Waals surface area contributed by atoms with Crippen molar-refractivity contribution in [1.82, 2.24) is 19.9 Å². The number of hydrogen-bond acceptors (Lipinski definition) is 5. The molecule has 1 saturated heterocycles. The zero-order valence-corrected chi connectivity index (χ0v) is 13.8. The zero-order chi connectivity index (χ0) is 16.4. The van der Waals surface area contributed by atoms with Gasteiger partial charge in [-0.2, -0.15) is 0 Å². The van der Waals surface area contributed by atoms with Gasteiger partial charge in [-0.1, -0.05) is 28.9 Å². The van der Waals surface area contributed by atoms with Crippen LogP contribution in [0.3, 0.4) is 0 Å². The summed E-state index contributed by atoms with van der Waals surface area (Å²) in [5.74, 6) is 0.916. The van der Waals surface area contributed by atoms with Gasteiger partial charge in [0.1, 0.15) is 11.5 Å². The standard InChI is InChI=1S/C17H17ClN4O2/c18-14-5-3-13(4-6-14)10-22-12-16(19-20-22)17-21(7-9-24-17)11-15-2-1-8-23-15/h1-6,8,12,17H,7,9-11H2. The molecule has 1 fully saturated rings. The summed E-state index contributed by atoms with van der Waals surface area (Å²) >= 11 is 5.91. The first-order valence-corrected chi connectivity index (χ1v) is 8.18. The average molecular weight is 345 g/mol. The number of rotatable bonds is 5. The molecule has 0 bridgehead atoms. The topological polar surface area (TPSA) is 56.3 Å². The van der Waals surface area contributed by atoms with E-state index in [9.17, 15) is 0 Å². The summed E-state index contributed by atoms with van der Waals surface area (Å²) in [5.41, 5.74) is 1.93. The monoisotopic (exact) mass is 344 g/mol. The van der Waals surface area contributed by atoms with Crippen molar-refractivity contribution in [2.75, 3.05) is 13.2 Å². The van der Waals surface area contributed by atoms with Gasteiger partial charge in [0.2, 0.25) is 0 Å². The minimum atomic E-state index is -0.186. The number of nitrogens with zero attached hydrogens (tertiary/aromatic N) is 4. The summed E-state index contributed by atoms with van der Waals surface area (Å²) in [6.45, 7) is 2.86. The Bertz CT molecular complexity index is 785. The first-order valence-electron chi connectivity index (χ1n) is 7.80. The normalized spacial score (nSPS) is 18.3. The largest absolute Gasteiger partial charge is 0.468 e. The van der Waals surface area contributed by atoms with Crippen LogP contribution in [-0.4, -0.2) is 33.0 Å². The smallest absolute Gasteiger partial charge is 0.157 e. The zero-order valence-electron chi connectivity index (χ0n) is 13.0. The molecule has 3 heterocycles. The predicted octanol–water partition coefficient (Wildman–Crippen LogP) is 3.10. The lowest BCUT2D eigenvalue weighted by Crippen LogP contribution is -2.23. The number of halogens is 1. The van der Waals surface area contributed by atoms with E-state index in [-0.39, 0.29) is 6.23 Å². The van der Waals surface area contributed by atoms with Gasteiger partial charge in [-0.15, -0.1) is 5.10 Å². The van der Waals surface area contributed by atoms with Crippen LogP contribution in [0.5, 0.6) is 0 Å². The van der Waals surface area contributed by atoms with Crippen molar-refractivity contribution in [3.05, 3.63) is 70.9 Å². The highest BCUT2D eigenvalue weighted by molar-refractivity contribution is 6.30. The van der Waals surface area contributed by atoms with E-state index in [1.54, 1.807) is 6.26 Å². The quantitative estimate of drug-likeness (QED) is 0.712. The van der Waals surface area contributed by atoms with E-state index in [1.165, 1.54) is 0 Å². The Hall–Kier alpha value is -2.15. The fraction of sp³-hybridized carbons (Fsp3) is 0.294. The molecule has 4 rings (SSSR count). The number of benzene rings is 1. The van der Waals surface area contributed by atoms with Gasteiger partial charge in [0.05, 0.1) is 32.2 Å². The molecule has 2 aromatic heterocycles. The molecule has 0 aliphatic carbocycles. The van der Waals surface area contributed by atoms with Crippen LogP contribution in [0.4, 0.5) is 0 Å². The summed E-state index contributed by atoms with van der Waals surface area (Å²) in [5, 5.41) is 9.22. The van der Waals surface area contributed by atoms with Gasteiger partial charge in [0.25, 0.3) is 0 Å². The van der Waals surface area contributed by atoms with E-state index in [0.29, 0.717) is 19.7 Å². The minimum Gasteiger partial charge on any atom is -0.468 e. The van der Waals surface area contributed by atoms with Gasteiger partial charge >= 0.3 is 0 Å². The molecule has 1 aliphatic heterocycles. The van der Waals surface area contributed by atoms with E-state index in [2.05, 4.69) is 15.2 Å². The van der Waals surface area contributed by atoms with Crippen molar-refractivity contribution in [2.24, 2.45) is 0 Å². The fourth-order valence-electron chi connectivity index (χ4n) is 2.82. The molecule has 7 heteroatoms. The fourth-order valence-corrected chi connectivity index (χ4v) is 2.95. The van der Waals surface area contributed by atoms with Gasteiger partial charge in [0, 0.05) is 11.6 Å². The lowest BCUT2D eigenvalue weighted by atomic mass is 10.2. The first-order chi connectivity index (χ1) is 11.8. The molecular formula is C17H17ClN4O2. The molecule has 1 aliphatic rings. The molecule has 0 N–H and O–H groups in total. The molecule has 0 amide bonds. The molecule has 6 nitrogen and oxygen atoms in total. The Morgan fingerprint density at radius 1 is 1.17 bits per heavy atom. The van der Waals surface area contributed by atoms with E-state index in [4.69, 9.17) is 20.8 Å². The van der Waals surface area contributed by atoms with Crippen LogP contribution in [0.15, 0.2) is 53.3 Å². The van der Waals surface area contributed by atoms with Crippen LogP contribution in [-0.2, 0) is 17.8 Å². The van der Waals surface area contributed by atoms with Gasteiger partial charge in [-0.05, 0) is 29.8 Å². The molecule has 124 valence electrons. The highest BCUT2D eigenvalue weighted by Crippen LogP contribution is 2.27. The predicted molar refractivity (Wildman–Crippen MR) is 88.4 cm³/mol. The highest BCUT2D eigenvalue weighted by atomic mass is 35.5. The first kappa shape index (κ1) is 15.4. The maximum Gasteiger partial charge on any atom is 0.157 e. The third-order valence-electron chi connectivity index (χ3n) is 3.99. The number of ether oxygens (including phenoxy) is 1. The lowest BCUT2D eigenvalue weighted by molar-refractivity contribution is 0.0223. The molecule has 1 aromatic carbocycles. The second kappa shape index (κ2) is 6.76. The number of hydrogen-bond donors (Lipinski definition) is 0. The molecule has 24 heavy (non-hydrogen) atoms. The Balaban J connectivity index is 1.46. The van der Waals surface area contributed by atoms with Crippen molar-refractivity contribution in [3.8, 4) is 0 Å². The van der Waals surface area contributed by atoms with Crippen molar-refractivity contribution in [3.63, 3.8) is 0 Å². The van der Waals surface area contributed by atoms with E-state index < -0.39 is 0 Å². The molecule has 0 radical (unpaired) electrons. The van der Waals surface area contributed by atoms with Gasteiger partial charge in [-0.25, -0.2) is 4.68 Å². The molecule has 0 saturated carbocycles. The second-order valence-electron chi connectivity index (χ2n) is 5.74. The Morgan fingerprint density at radius 3 is 2.83 bits per heavy atom. The lowest BCUT2D eigenvalue weighted by Gasteiger charge is -2.19. The van der Waals surface area contributed by atoms with Crippen LogP contribution in [0, 0.1) is 0 Å². The third-order valence-corrected chi connectivity index (χ3v) is 4.24. The molecule has 1 unspecified atom stereocenters. The van der Waals surface area contributed by atoms with E-state index in [1.807, 2.05) is 47.3 Å². The summed E-state index contributed by atoms with van der Waals surface area (Å²) in [4.78, 5) is 2.19.